The predicted molar refractivity (Wildman–Crippen MR) is 124 cm³/mol. The van der Waals surface area contributed by atoms with Gasteiger partial charge in [-0.25, -0.2) is 9.97 Å². The van der Waals surface area contributed by atoms with Crippen molar-refractivity contribution in [3.05, 3.63) is 61.5 Å². The molecule has 0 aliphatic heterocycles. The SMILES string of the molecule is CCc1nc(-c2ccc(Cl)cc2Cl)c(CC)nc1NC1c2ccsc2CCC1C. The number of rotatable bonds is 5. The summed E-state index contributed by atoms with van der Waals surface area (Å²) < 4.78 is 0. The third-order valence-electron chi connectivity index (χ3n) is 5.70. The van der Waals surface area contributed by atoms with E-state index in [0.717, 1.165) is 41.3 Å². The average Bonchev–Trinajstić information content (AvgIpc) is 3.19. The van der Waals surface area contributed by atoms with Gasteiger partial charge < -0.3 is 5.32 Å². The summed E-state index contributed by atoms with van der Waals surface area (Å²) in [6, 6.07) is 8.08. The summed E-state index contributed by atoms with van der Waals surface area (Å²) in [5.74, 6) is 1.45. The van der Waals surface area contributed by atoms with Gasteiger partial charge in [-0.15, -0.1) is 11.3 Å². The molecule has 0 amide bonds. The molecule has 4 rings (SSSR count). The van der Waals surface area contributed by atoms with Gasteiger partial charge >= 0.3 is 0 Å². The monoisotopic (exact) mass is 445 g/mol. The van der Waals surface area contributed by atoms with Gasteiger partial charge in [0, 0.05) is 15.5 Å². The second-order valence-corrected chi connectivity index (χ2v) is 9.43. The maximum Gasteiger partial charge on any atom is 0.148 e. The van der Waals surface area contributed by atoms with Gasteiger partial charge in [-0.2, -0.15) is 0 Å². The molecule has 0 spiro atoms. The van der Waals surface area contributed by atoms with Crippen LogP contribution >= 0.6 is 34.5 Å². The van der Waals surface area contributed by atoms with Gasteiger partial charge in [0.15, 0.2) is 0 Å². The van der Waals surface area contributed by atoms with E-state index in [9.17, 15) is 0 Å². The smallest absolute Gasteiger partial charge is 0.148 e. The van der Waals surface area contributed by atoms with Crippen LogP contribution in [0.25, 0.3) is 11.3 Å². The van der Waals surface area contributed by atoms with Crippen LogP contribution in [-0.2, 0) is 19.3 Å². The minimum absolute atomic E-state index is 0.277. The van der Waals surface area contributed by atoms with E-state index in [1.165, 1.54) is 23.3 Å². The molecule has 0 radical (unpaired) electrons. The Hall–Kier alpha value is -1.62. The van der Waals surface area contributed by atoms with Crippen molar-refractivity contribution in [2.24, 2.45) is 5.92 Å². The lowest BCUT2D eigenvalue weighted by atomic mass is 9.85. The van der Waals surface area contributed by atoms with Crippen LogP contribution in [-0.4, -0.2) is 9.97 Å². The molecule has 3 nitrogen and oxygen atoms in total. The van der Waals surface area contributed by atoms with Gasteiger partial charge in [0.2, 0.25) is 0 Å². The van der Waals surface area contributed by atoms with E-state index in [1.54, 1.807) is 6.07 Å². The van der Waals surface area contributed by atoms with Crippen molar-refractivity contribution in [3.63, 3.8) is 0 Å². The first-order chi connectivity index (χ1) is 14.0. The lowest BCUT2D eigenvalue weighted by molar-refractivity contribution is 0.437. The quantitative estimate of drug-likeness (QED) is 0.445. The number of nitrogens with zero attached hydrogens (tertiary/aromatic N) is 2. The van der Waals surface area contributed by atoms with E-state index in [0.29, 0.717) is 16.0 Å². The zero-order valence-corrected chi connectivity index (χ0v) is 19.3. The zero-order valence-electron chi connectivity index (χ0n) is 16.9. The Bertz CT molecular complexity index is 1030. The summed E-state index contributed by atoms with van der Waals surface area (Å²) in [7, 11) is 0. The largest absolute Gasteiger partial charge is 0.361 e. The summed E-state index contributed by atoms with van der Waals surface area (Å²) >= 11 is 14.4. The number of hydrogen-bond acceptors (Lipinski definition) is 4. The second-order valence-electron chi connectivity index (χ2n) is 7.58. The maximum absolute atomic E-state index is 6.48. The number of thiophene rings is 1. The number of fused-ring (bicyclic) bond motifs is 1. The number of nitrogens with one attached hydrogen (secondary N) is 1. The fourth-order valence-electron chi connectivity index (χ4n) is 4.04. The highest BCUT2D eigenvalue weighted by Gasteiger charge is 2.29. The molecule has 0 fully saturated rings. The van der Waals surface area contributed by atoms with Crippen LogP contribution in [0.2, 0.25) is 10.0 Å². The lowest BCUT2D eigenvalue weighted by Gasteiger charge is -2.31. The predicted octanol–water partition coefficient (Wildman–Crippen LogP) is 7.37. The molecule has 0 bridgehead atoms. The van der Waals surface area contributed by atoms with Crippen molar-refractivity contribution in [2.45, 2.75) is 52.5 Å². The van der Waals surface area contributed by atoms with Crippen molar-refractivity contribution in [1.82, 2.24) is 9.97 Å². The summed E-state index contributed by atoms with van der Waals surface area (Å²) in [6.45, 7) is 6.54. The molecule has 1 aliphatic rings. The van der Waals surface area contributed by atoms with Gasteiger partial charge in [-0.1, -0.05) is 44.0 Å². The Kier molecular flexibility index (Phi) is 6.14. The number of halogens is 2. The van der Waals surface area contributed by atoms with Gasteiger partial charge in [-0.3, -0.25) is 0 Å². The number of benzene rings is 1. The van der Waals surface area contributed by atoms with E-state index >= 15 is 0 Å². The van der Waals surface area contributed by atoms with Crippen LogP contribution in [0.5, 0.6) is 0 Å². The van der Waals surface area contributed by atoms with Crippen LogP contribution in [0.1, 0.15) is 55.1 Å². The van der Waals surface area contributed by atoms with Crippen LogP contribution in [0, 0.1) is 5.92 Å². The molecule has 0 saturated carbocycles. The Morgan fingerprint density at radius 1 is 1.10 bits per heavy atom. The van der Waals surface area contributed by atoms with Crippen LogP contribution in [0.4, 0.5) is 5.82 Å². The highest BCUT2D eigenvalue weighted by Crippen LogP contribution is 2.40. The fourth-order valence-corrected chi connectivity index (χ4v) is 5.48. The molecule has 2 unspecified atom stereocenters. The topological polar surface area (TPSA) is 37.8 Å². The van der Waals surface area contributed by atoms with E-state index in [1.807, 2.05) is 23.5 Å². The minimum atomic E-state index is 0.277. The third kappa shape index (κ3) is 4.03. The molecule has 0 saturated heterocycles. The van der Waals surface area contributed by atoms with Crippen LogP contribution < -0.4 is 5.32 Å². The number of aromatic nitrogens is 2. The molecule has 2 atom stereocenters. The standard InChI is InChI=1S/C23H25Cl2N3S/c1-4-18-22(15-8-7-14(24)12-17(15)25)26-19(5-2)23(27-18)28-21-13(3)6-9-20-16(21)10-11-29-20/h7-8,10-13,21H,4-6,9H2,1-3H3,(H,27,28). The molecule has 1 N–H and O–H groups in total. The maximum atomic E-state index is 6.48. The summed E-state index contributed by atoms with van der Waals surface area (Å²) in [4.78, 5) is 11.5. The molecule has 29 heavy (non-hydrogen) atoms. The van der Waals surface area contributed by atoms with Gasteiger partial charge in [0.05, 0.1) is 28.1 Å². The van der Waals surface area contributed by atoms with E-state index in [2.05, 4.69) is 37.5 Å². The normalized spacial score (nSPS) is 18.5. The summed E-state index contributed by atoms with van der Waals surface area (Å²) in [5.41, 5.74) is 5.07. The van der Waals surface area contributed by atoms with Crippen LogP contribution in [0.15, 0.2) is 29.6 Å². The molecule has 3 aromatic rings. The van der Waals surface area contributed by atoms with Crippen molar-refractivity contribution in [2.75, 3.05) is 5.32 Å². The van der Waals surface area contributed by atoms with Crippen LogP contribution in [0.3, 0.4) is 0 Å². The van der Waals surface area contributed by atoms with Crippen molar-refractivity contribution >= 4 is 40.4 Å². The van der Waals surface area contributed by atoms with E-state index < -0.39 is 0 Å². The molecule has 152 valence electrons. The van der Waals surface area contributed by atoms with Gasteiger partial charge in [-0.05, 0) is 66.8 Å². The average molecular weight is 446 g/mol. The number of hydrogen-bond donors (Lipinski definition) is 1. The van der Waals surface area contributed by atoms with Crippen molar-refractivity contribution in [3.8, 4) is 11.3 Å². The third-order valence-corrected chi connectivity index (χ3v) is 7.24. The molecule has 1 aromatic carbocycles. The summed E-state index contributed by atoms with van der Waals surface area (Å²) in [6.07, 6.45) is 3.95. The Morgan fingerprint density at radius 3 is 2.62 bits per heavy atom. The lowest BCUT2D eigenvalue weighted by Crippen LogP contribution is -2.25. The van der Waals surface area contributed by atoms with E-state index in [-0.39, 0.29) is 6.04 Å². The first-order valence-corrected chi connectivity index (χ1v) is 11.8. The zero-order chi connectivity index (χ0) is 20.5. The number of anilines is 1. The summed E-state index contributed by atoms with van der Waals surface area (Å²) in [5, 5.41) is 7.18. The van der Waals surface area contributed by atoms with Crippen molar-refractivity contribution in [1.29, 1.82) is 0 Å². The van der Waals surface area contributed by atoms with Crippen molar-refractivity contribution < 1.29 is 0 Å². The highest BCUT2D eigenvalue weighted by atomic mass is 35.5. The van der Waals surface area contributed by atoms with Gasteiger partial charge in [0.1, 0.15) is 5.82 Å². The Morgan fingerprint density at radius 2 is 1.90 bits per heavy atom. The Balaban J connectivity index is 1.76. The second kappa shape index (κ2) is 8.63. The fraction of sp³-hybridized carbons (Fsp3) is 0.391. The molecule has 1 aliphatic carbocycles. The molecular formula is C23H25Cl2N3S. The van der Waals surface area contributed by atoms with Gasteiger partial charge in [0.25, 0.3) is 0 Å². The first kappa shape index (κ1) is 20.6. The molecule has 2 aromatic heterocycles. The molecule has 2 heterocycles. The first-order valence-electron chi connectivity index (χ1n) is 10.2. The molecule has 6 heteroatoms. The van der Waals surface area contributed by atoms with E-state index in [4.69, 9.17) is 33.2 Å². The molecular weight excluding hydrogens is 421 g/mol. The minimum Gasteiger partial charge on any atom is -0.361 e. The Labute approximate surface area is 186 Å². The highest BCUT2D eigenvalue weighted by molar-refractivity contribution is 7.10. The number of aryl methyl sites for hydroxylation is 3.